The van der Waals surface area contributed by atoms with E-state index in [9.17, 15) is 9.90 Å². The number of ether oxygens (including phenoxy) is 2. The summed E-state index contributed by atoms with van der Waals surface area (Å²) in [4.78, 5) is 14.1. The van der Waals surface area contributed by atoms with Gasteiger partial charge in [-0.15, -0.1) is 0 Å². The van der Waals surface area contributed by atoms with Crippen LogP contribution in [0.25, 0.3) is 0 Å². The quantitative estimate of drug-likeness (QED) is 0.806. The molecule has 0 aromatic heterocycles. The summed E-state index contributed by atoms with van der Waals surface area (Å²) < 4.78 is 10.9. The predicted molar refractivity (Wildman–Crippen MR) is 87.0 cm³/mol. The van der Waals surface area contributed by atoms with Crippen molar-refractivity contribution in [2.75, 3.05) is 26.8 Å². The number of aromatic hydroxyl groups is 1. The number of carbonyl (C=O) groups is 1. The van der Waals surface area contributed by atoms with E-state index in [1.807, 2.05) is 19.1 Å². The molecule has 5 nitrogen and oxygen atoms in total. The van der Waals surface area contributed by atoms with Crippen LogP contribution in [0.1, 0.15) is 25.3 Å². The zero-order chi connectivity index (χ0) is 16.1. The highest BCUT2D eigenvalue weighted by atomic mass is 79.9. The van der Waals surface area contributed by atoms with Gasteiger partial charge in [-0.25, -0.2) is 0 Å². The lowest BCUT2D eigenvalue weighted by molar-refractivity contribution is -0.150. The second-order valence-corrected chi connectivity index (χ2v) is 6.31. The van der Waals surface area contributed by atoms with Gasteiger partial charge >= 0.3 is 5.97 Å². The fourth-order valence-corrected chi connectivity index (χ4v) is 3.27. The highest BCUT2D eigenvalue weighted by Crippen LogP contribution is 2.35. The summed E-state index contributed by atoms with van der Waals surface area (Å²) in [5, 5.41) is 9.86. The number of nitrogens with zero attached hydrogens (tertiary/aromatic N) is 1. The number of hydrogen-bond acceptors (Lipinski definition) is 5. The van der Waals surface area contributed by atoms with Crippen molar-refractivity contribution in [2.24, 2.45) is 5.92 Å². The van der Waals surface area contributed by atoms with Gasteiger partial charge in [0.15, 0.2) is 11.5 Å². The van der Waals surface area contributed by atoms with E-state index in [1.165, 1.54) is 7.11 Å². The highest BCUT2D eigenvalue weighted by molar-refractivity contribution is 9.10. The first-order chi connectivity index (χ1) is 10.5. The number of piperidine rings is 1. The van der Waals surface area contributed by atoms with Gasteiger partial charge in [0.05, 0.1) is 24.1 Å². The predicted octanol–water partition coefficient (Wildman–Crippen LogP) is 2.94. The second-order valence-electron chi connectivity index (χ2n) is 5.45. The molecular weight excluding hydrogens is 350 g/mol. The van der Waals surface area contributed by atoms with E-state index in [0.29, 0.717) is 29.9 Å². The molecule has 1 fully saturated rings. The molecule has 1 aliphatic heterocycles. The Hall–Kier alpha value is -1.27. The molecule has 1 aliphatic rings. The largest absolute Gasteiger partial charge is 0.503 e. The Bertz CT molecular complexity index is 535. The molecule has 0 amide bonds. The standard InChI is InChI=1S/C16H22BrNO4/c1-3-22-16(20)12-5-4-6-18(10-12)9-11-7-13(17)15(19)14(8-11)21-2/h7-8,12,19H,3-6,9-10H2,1-2H3. The number of halogens is 1. The normalized spacial score (nSPS) is 19.0. The van der Waals surface area contributed by atoms with Gasteiger partial charge in [0.25, 0.3) is 0 Å². The van der Waals surface area contributed by atoms with Crippen LogP contribution < -0.4 is 4.74 Å². The Balaban J connectivity index is 2.04. The average Bonchev–Trinajstić information content (AvgIpc) is 2.51. The smallest absolute Gasteiger partial charge is 0.310 e. The van der Waals surface area contributed by atoms with E-state index in [1.54, 1.807) is 0 Å². The summed E-state index contributed by atoms with van der Waals surface area (Å²) in [6.45, 7) is 4.64. The molecule has 0 saturated carbocycles. The van der Waals surface area contributed by atoms with Gasteiger partial charge < -0.3 is 14.6 Å². The van der Waals surface area contributed by atoms with E-state index >= 15 is 0 Å². The van der Waals surface area contributed by atoms with Crippen LogP contribution in [0.3, 0.4) is 0 Å². The van der Waals surface area contributed by atoms with Crippen molar-refractivity contribution in [1.29, 1.82) is 0 Å². The summed E-state index contributed by atoms with van der Waals surface area (Å²) in [6, 6.07) is 3.71. The number of carbonyl (C=O) groups excluding carboxylic acids is 1. The van der Waals surface area contributed by atoms with E-state index < -0.39 is 0 Å². The van der Waals surface area contributed by atoms with Crippen LogP contribution in [0.5, 0.6) is 11.5 Å². The fourth-order valence-electron chi connectivity index (χ4n) is 2.78. The molecule has 1 aromatic carbocycles. The number of esters is 1. The molecule has 0 spiro atoms. The third-order valence-corrected chi connectivity index (χ3v) is 4.44. The Labute approximate surface area is 139 Å². The highest BCUT2D eigenvalue weighted by Gasteiger charge is 2.27. The number of hydrogen-bond donors (Lipinski definition) is 1. The van der Waals surface area contributed by atoms with Crippen LogP contribution >= 0.6 is 15.9 Å². The van der Waals surface area contributed by atoms with E-state index in [4.69, 9.17) is 9.47 Å². The van der Waals surface area contributed by atoms with Crippen molar-refractivity contribution in [2.45, 2.75) is 26.3 Å². The van der Waals surface area contributed by atoms with Crippen LogP contribution in [0, 0.1) is 5.92 Å². The maximum Gasteiger partial charge on any atom is 0.310 e. The Kier molecular flexibility index (Phi) is 6.08. The van der Waals surface area contributed by atoms with Gasteiger partial charge in [0.2, 0.25) is 0 Å². The first-order valence-electron chi connectivity index (χ1n) is 7.49. The van der Waals surface area contributed by atoms with E-state index in [-0.39, 0.29) is 17.6 Å². The molecule has 6 heteroatoms. The molecule has 1 N–H and O–H groups in total. The lowest BCUT2D eigenvalue weighted by atomic mass is 9.97. The van der Waals surface area contributed by atoms with Crippen molar-refractivity contribution >= 4 is 21.9 Å². The van der Waals surface area contributed by atoms with Gasteiger partial charge in [-0.05, 0) is 59.9 Å². The summed E-state index contributed by atoms with van der Waals surface area (Å²) in [7, 11) is 1.53. The molecule has 1 unspecified atom stereocenters. The molecule has 22 heavy (non-hydrogen) atoms. The van der Waals surface area contributed by atoms with Crippen molar-refractivity contribution in [3.05, 3.63) is 22.2 Å². The number of rotatable bonds is 5. The third-order valence-electron chi connectivity index (χ3n) is 3.84. The Morgan fingerprint density at radius 1 is 1.50 bits per heavy atom. The van der Waals surface area contributed by atoms with Crippen molar-refractivity contribution in [3.63, 3.8) is 0 Å². The van der Waals surface area contributed by atoms with Gasteiger partial charge in [-0.2, -0.15) is 0 Å². The summed E-state index contributed by atoms with van der Waals surface area (Å²) >= 11 is 3.34. The van der Waals surface area contributed by atoms with Crippen LogP contribution in [0.4, 0.5) is 0 Å². The molecule has 1 saturated heterocycles. The van der Waals surface area contributed by atoms with E-state index in [0.717, 1.165) is 24.9 Å². The SMILES string of the molecule is CCOC(=O)C1CCCN(Cc2cc(Br)c(O)c(OC)c2)C1. The monoisotopic (exact) mass is 371 g/mol. The van der Waals surface area contributed by atoms with E-state index in [2.05, 4.69) is 20.8 Å². The average molecular weight is 372 g/mol. The molecule has 1 heterocycles. The minimum atomic E-state index is -0.100. The van der Waals surface area contributed by atoms with Crippen molar-refractivity contribution in [3.8, 4) is 11.5 Å². The number of methoxy groups -OCH3 is 1. The number of likely N-dealkylation sites (tertiary alicyclic amines) is 1. The number of phenols is 1. The molecule has 2 rings (SSSR count). The molecule has 0 bridgehead atoms. The number of benzene rings is 1. The van der Waals surface area contributed by atoms with Gasteiger partial charge in [-0.1, -0.05) is 0 Å². The van der Waals surface area contributed by atoms with Crippen LogP contribution in [0.2, 0.25) is 0 Å². The van der Waals surface area contributed by atoms with Gasteiger partial charge in [-0.3, -0.25) is 9.69 Å². The van der Waals surface area contributed by atoms with Crippen molar-refractivity contribution < 1.29 is 19.4 Å². The topological polar surface area (TPSA) is 59.0 Å². The molecule has 122 valence electrons. The maximum atomic E-state index is 11.9. The molecule has 1 atom stereocenters. The summed E-state index contributed by atoms with van der Waals surface area (Å²) in [5.74, 6) is 0.408. The fraction of sp³-hybridized carbons (Fsp3) is 0.562. The second kappa shape index (κ2) is 7.83. The van der Waals surface area contributed by atoms with Gasteiger partial charge in [0, 0.05) is 13.1 Å². The third kappa shape index (κ3) is 4.14. The lowest BCUT2D eigenvalue weighted by Crippen LogP contribution is -2.38. The zero-order valence-electron chi connectivity index (χ0n) is 13.0. The maximum absolute atomic E-state index is 11.9. The minimum Gasteiger partial charge on any atom is -0.503 e. The molecule has 0 aliphatic carbocycles. The lowest BCUT2D eigenvalue weighted by Gasteiger charge is -2.31. The zero-order valence-corrected chi connectivity index (χ0v) is 14.6. The minimum absolute atomic E-state index is 0.0452. The number of phenolic OH excluding ortho intramolecular Hbond substituents is 1. The Morgan fingerprint density at radius 3 is 2.95 bits per heavy atom. The Morgan fingerprint density at radius 2 is 2.27 bits per heavy atom. The molecule has 1 aromatic rings. The summed E-state index contributed by atoms with van der Waals surface area (Å²) in [6.07, 6.45) is 1.87. The van der Waals surface area contributed by atoms with Gasteiger partial charge in [0.1, 0.15) is 0 Å². The first-order valence-corrected chi connectivity index (χ1v) is 8.28. The molecule has 0 radical (unpaired) electrons. The first kappa shape index (κ1) is 17.1. The van der Waals surface area contributed by atoms with Crippen molar-refractivity contribution in [1.82, 2.24) is 4.90 Å². The van der Waals surface area contributed by atoms with Crippen LogP contribution in [-0.4, -0.2) is 42.8 Å². The van der Waals surface area contributed by atoms with Crippen LogP contribution in [-0.2, 0) is 16.1 Å². The summed E-state index contributed by atoms with van der Waals surface area (Å²) in [5.41, 5.74) is 1.03. The van der Waals surface area contributed by atoms with Crippen LogP contribution in [0.15, 0.2) is 16.6 Å². The molecular formula is C16H22BrNO4.